The molecule has 78 valence electrons. The Labute approximate surface area is 90.1 Å². The topological polar surface area (TPSA) is 17.8 Å². The number of aromatic nitrogens is 2. The molecule has 1 heterocycles. The molecule has 2 aromatic rings. The summed E-state index contributed by atoms with van der Waals surface area (Å²) in [5.74, 6) is -1.06. The van der Waals surface area contributed by atoms with Crippen LogP contribution in [0.2, 0.25) is 0 Å². The van der Waals surface area contributed by atoms with Crippen molar-refractivity contribution in [3.63, 3.8) is 0 Å². The van der Waals surface area contributed by atoms with Gasteiger partial charge in [0.05, 0.1) is 11.6 Å². The third kappa shape index (κ3) is 1.85. The van der Waals surface area contributed by atoms with Gasteiger partial charge < -0.3 is 0 Å². The monoisotopic (exact) mass is 228 g/mol. The minimum Gasteiger partial charge on any atom is -0.234 e. The highest BCUT2D eigenvalue weighted by molar-refractivity contribution is 6.16. The second-order valence-corrected chi connectivity index (χ2v) is 3.23. The lowest BCUT2D eigenvalue weighted by atomic mass is 10.3. The lowest BCUT2D eigenvalue weighted by Crippen LogP contribution is -2.03. The highest BCUT2D eigenvalue weighted by Gasteiger charge is 2.09. The Hall–Kier alpha value is -1.42. The van der Waals surface area contributed by atoms with Gasteiger partial charge in [-0.2, -0.15) is 5.10 Å². The summed E-state index contributed by atoms with van der Waals surface area (Å²) in [6.45, 7) is 0. The lowest BCUT2D eigenvalue weighted by molar-refractivity contribution is 0.572. The molecule has 0 unspecified atom stereocenters. The van der Waals surface area contributed by atoms with Crippen LogP contribution in [0, 0.1) is 11.6 Å². The zero-order chi connectivity index (χ0) is 10.8. The van der Waals surface area contributed by atoms with E-state index in [0.29, 0.717) is 5.69 Å². The molecule has 0 N–H and O–H groups in total. The van der Waals surface area contributed by atoms with Gasteiger partial charge in [0, 0.05) is 12.3 Å². The van der Waals surface area contributed by atoms with Crippen molar-refractivity contribution in [2.24, 2.45) is 0 Å². The Bertz CT molecular complexity index is 482. The number of benzene rings is 1. The van der Waals surface area contributed by atoms with E-state index < -0.39 is 11.6 Å². The van der Waals surface area contributed by atoms with E-state index in [9.17, 15) is 8.78 Å². The van der Waals surface area contributed by atoms with Gasteiger partial charge in [-0.3, -0.25) is 0 Å². The molecule has 0 spiro atoms. The molecule has 0 bridgehead atoms. The minimum atomic E-state index is -0.662. The maximum Gasteiger partial charge on any atom is 0.151 e. The van der Waals surface area contributed by atoms with Crippen molar-refractivity contribution in [3.05, 3.63) is 47.8 Å². The van der Waals surface area contributed by atoms with Crippen LogP contribution in [0.1, 0.15) is 5.69 Å². The minimum absolute atomic E-state index is 0.192. The number of rotatable bonds is 2. The van der Waals surface area contributed by atoms with Crippen molar-refractivity contribution in [2.45, 2.75) is 5.88 Å². The third-order valence-corrected chi connectivity index (χ3v) is 2.27. The zero-order valence-corrected chi connectivity index (χ0v) is 8.38. The molecular weight excluding hydrogens is 222 g/mol. The Balaban J connectivity index is 2.54. The van der Waals surface area contributed by atoms with Crippen LogP contribution in [0.4, 0.5) is 8.78 Å². The summed E-state index contributed by atoms with van der Waals surface area (Å²) in [7, 11) is 0. The molecule has 0 radical (unpaired) electrons. The molecule has 0 aliphatic rings. The number of alkyl halides is 1. The normalized spacial score (nSPS) is 10.6. The van der Waals surface area contributed by atoms with Crippen molar-refractivity contribution in [3.8, 4) is 5.69 Å². The van der Waals surface area contributed by atoms with Crippen molar-refractivity contribution >= 4 is 11.6 Å². The van der Waals surface area contributed by atoms with Gasteiger partial charge in [-0.05, 0) is 18.2 Å². The maximum atomic E-state index is 13.4. The maximum absolute atomic E-state index is 13.4. The average Bonchev–Trinajstić information content (AvgIpc) is 2.65. The zero-order valence-electron chi connectivity index (χ0n) is 7.62. The SMILES string of the molecule is Fc1ccc(-n2nccc2CCl)c(F)c1. The average molecular weight is 229 g/mol. The van der Waals surface area contributed by atoms with E-state index in [1.165, 1.54) is 23.0 Å². The molecule has 2 rings (SSSR count). The Morgan fingerprint density at radius 2 is 2.07 bits per heavy atom. The van der Waals surface area contributed by atoms with Gasteiger partial charge in [-0.25, -0.2) is 13.5 Å². The molecule has 2 nitrogen and oxygen atoms in total. The fourth-order valence-electron chi connectivity index (χ4n) is 1.30. The van der Waals surface area contributed by atoms with Gasteiger partial charge in [0.1, 0.15) is 11.5 Å². The second kappa shape index (κ2) is 3.98. The van der Waals surface area contributed by atoms with Crippen LogP contribution in [-0.4, -0.2) is 9.78 Å². The standard InChI is InChI=1S/C10H7ClF2N2/c11-6-8-3-4-14-15(8)10-2-1-7(12)5-9(10)13/h1-5H,6H2. The number of hydrogen-bond acceptors (Lipinski definition) is 1. The van der Waals surface area contributed by atoms with Gasteiger partial charge in [-0.15, -0.1) is 11.6 Å². The van der Waals surface area contributed by atoms with Gasteiger partial charge in [-0.1, -0.05) is 0 Å². The van der Waals surface area contributed by atoms with Crippen molar-refractivity contribution in [1.82, 2.24) is 9.78 Å². The van der Waals surface area contributed by atoms with E-state index in [2.05, 4.69) is 5.10 Å². The lowest BCUT2D eigenvalue weighted by Gasteiger charge is -2.06. The molecular formula is C10H7ClF2N2. The van der Waals surface area contributed by atoms with Gasteiger partial charge in [0.15, 0.2) is 5.82 Å². The quantitative estimate of drug-likeness (QED) is 0.723. The van der Waals surface area contributed by atoms with Crippen LogP contribution in [0.3, 0.4) is 0 Å². The molecule has 0 saturated carbocycles. The molecule has 0 atom stereocenters. The number of hydrogen-bond donors (Lipinski definition) is 0. The summed E-state index contributed by atoms with van der Waals surface area (Å²) in [5.41, 5.74) is 0.847. The van der Waals surface area contributed by atoms with Crippen molar-refractivity contribution in [2.75, 3.05) is 0 Å². The highest BCUT2D eigenvalue weighted by atomic mass is 35.5. The molecule has 1 aromatic carbocycles. The first-order valence-corrected chi connectivity index (χ1v) is 4.80. The van der Waals surface area contributed by atoms with Crippen LogP contribution in [0.25, 0.3) is 5.69 Å². The predicted molar refractivity (Wildman–Crippen MR) is 53.0 cm³/mol. The summed E-state index contributed by atoms with van der Waals surface area (Å²) in [6.07, 6.45) is 1.51. The predicted octanol–water partition coefficient (Wildman–Crippen LogP) is 2.89. The molecule has 0 aliphatic carbocycles. The molecule has 5 heteroatoms. The summed E-state index contributed by atoms with van der Waals surface area (Å²) in [4.78, 5) is 0. The van der Waals surface area contributed by atoms with Crippen LogP contribution in [-0.2, 0) is 5.88 Å². The highest BCUT2D eigenvalue weighted by Crippen LogP contribution is 2.16. The fourth-order valence-corrected chi connectivity index (χ4v) is 1.50. The third-order valence-electron chi connectivity index (χ3n) is 2.00. The smallest absolute Gasteiger partial charge is 0.151 e. The van der Waals surface area contributed by atoms with Crippen LogP contribution >= 0.6 is 11.6 Å². The first-order chi connectivity index (χ1) is 7.22. The summed E-state index contributed by atoms with van der Waals surface area (Å²) in [5, 5.41) is 3.92. The first-order valence-electron chi connectivity index (χ1n) is 4.26. The molecule has 1 aromatic heterocycles. The van der Waals surface area contributed by atoms with E-state index in [-0.39, 0.29) is 11.6 Å². The molecule has 0 amide bonds. The van der Waals surface area contributed by atoms with Gasteiger partial charge in [0.25, 0.3) is 0 Å². The molecule has 0 saturated heterocycles. The van der Waals surface area contributed by atoms with Crippen molar-refractivity contribution < 1.29 is 8.78 Å². The Morgan fingerprint density at radius 3 is 2.73 bits per heavy atom. The summed E-state index contributed by atoms with van der Waals surface area (Å²) >= 11 is 5.65. The largest absolute Gasteiger partial charge is 0.234 e. The van der Waals surface area contributed by atoms with Gasteiger partial charge in [0.2, 0.25) is 0 Å². The van der Waals surface area contributed by atoms with E-state index in [1.807, 2.05) is 0 Å². The number of nitrogens with zero attached hydrogens (tertiary/aromatic N) is 2. The van der Waals surface area contributed by atoms with E-state index >= 15 is 0 Å². The summed E-state index contributed by atoms with van der Waals surface area (Å²) < 4.78 is 27.4. The summed E-state index contributed by atoms with van der Waals surface area (Å²) in [6, 6.07) is 5.00. The van der Waals surface area contributed by atoms with Crippen molar-refractivity contribution in [1.29, 1.82) is 0 Å². The molecule has 0 aliphatic heterocycles. The van der Waals surface area contributed by atoms with Gasteiger partial charge >= 0.3 is 0 Å². The second-order valence-electron chi connectivity index (χ2n) is 2.96. The van der Waals surface area contributed by atoms with Crippen LogP contribution in [0.5, 0.6) is 0 Å². The molecule has 0 fully saturated rings. The first kappa shape index (κ1) is 10.1. The fraction of sp³-hybridized carbons (Fsp3) is 0.100. The Morgan fingerprint density at radius 1 is 1.27 bits per heavy atom. The Kier molecular flexibility index (Phi) is 2.68. The van der Waals surface area contributed by atoms with Crippen LogP contribution in [0.15, 0.2) is 30.5 Å². The molecule has 15 heavy (non-hydrogen) atoms. The van der Waals surface area contributed by atoms with E-state index in [1.54, 1.807) is 6.07 Å². The van der Waals surface area contributed by atoms with Crippen LogP contribution < -0.4 is 0 Å². The number of halogens is 3. The van der Waals surface area contributed by atoms with E-state index in [0.717, 1.165) is 6.07 Å². The van der Waals surface area contributed by atoms with E-state index in [4.69, 9.17) is 11.6 Å².